The van der Waals surface area contributed by atoms with E-state index in [0.717, 1.165) is 0 Å². The Kier molecular flexibility index (Phi) is 15.2. The van der Waals surface area contributed by atoms with Crippen molar-refractivity contribution >= 4 is 31.6 Å². The number of hydrogen-bond acceptors (Lipinski definition) is 11. The molecule has 1 saturated heterocycles. The SMILES string of the molecule is CCOC1(OCC)O[Si](OCC)(OCC)[Si](OCC)(OCC)[Si](OCC)(OCC)[Si]1(OCC)OCC. The van der Waals surface area contributed by atoms with E-state index >= 15 is 0 Å². The fraction of sp³-hybridized carbons (Fsp3) is 1.00. The van der Waals surface area contributed by atoms with Crippen LogP contribution in [0.3, 0.4) is 0 Å². The first-order valence-corrected chi connectivity index (χ1v) is 23.6. The lowest BCUT2D eigenvalue weighted by Crippen LogP contribution is -3.02. The maximum atomic E-state index is 6.96. The molecule has 0 atom stereocenters. The normalized spacial score (nSPS) is 21.5. The van der Waals surface area contributed by atoms with Crippen molar-refractivity contribution in [1.82, 2.24) is 0 Å². The van der Waals surface area contributed by atoms with Gasteiger partial charge in [-0.15, -0.1) is 0 Å². The first-order chi connectivity index (χ1) is 17.3. The van der Waals surface area contributed by atoms with E-state index in [0.29, 0.717) is 26.4 Å². The zero-order valence-electron chi connectivity index (χ0n) is 24.1. The summed E-state index contributed by atoms with van der Waals surface area (Å²) in [5.41, 5.74) is -1.79. The lowest BCUT2D eigenvalue weighted by atomic mass is 10.8. The molecule has 1 fully saturated rings. The molecule has 0 aromatic rings. The van der Waals surface area contributed by atoms with Crippen molar-refractivity contribution in [2.45, 2.75) is 74.8 Å². The summed E-state index contributed by atoms with van der Waals surface area (Å²) in [5, 5.41) is 0. The molecular weight excluding hydrogens is 541 g/mol. The fourth-order valence-corrected chi connectivity index (χ4v) is 55.3. The van der Waals surface area contributed by atoms with Crippen molar-refractivity contribution in [3.05, 3.63) is 0 Å². The Balaban J connectivity index is 4.47. The highest BCUT2D eigenvalue weighted by molar-refractivity contribution is 7.75. The van der Waals surface area contributed by atoms with Crippen LogP contribution in [0.4, 0.5) is 0 Å². The molecule has 36 heavy (non-hydrogen) atoms. The van der Waals surface area contributed by atoms with Gasteiger partial charge in [0.1, 0.15) is 0 Å². The molecule has 0 saturated carbocycles. The van der Waals surface area contributed by atoms with E-state index in [-0.39, 0.29) is 39.6 Å². The van der Waals surface area contributed by atoms with Gasteiger partial charge >= 0.3 is 37.2 Å². The van der Waals surface area contributed by atoms with Crippen molar-refractivity contribution in [3.8, 4) is 0 Å². The standard InChI is InChI=1S/C21H50O11Si4/c1-11-22-21(23-12-2)32-34(26-15-5,27-16-6)36(30-19-9,31-20-10)35(28-17-7,29-18-8)33(21,24-13-3)25-14-4/h11-20H2,1-10H3. The lowest BCUT2D eigenvalue weighted by Gasteiger charge is -2.61. The van der Waals surface area contributed by atoms with Crippen LogP contribution in [0.2, 0.25) is 0 Å². The third-order valence-corrected chi connectivity index (χ3v) is 43.3. The molecule has 0 aliphatic carbocycles. The summed E-state index contributed by atoms with van der Waals surface area (Å²) >= 11 is 0. The molecule has 0 amide bonds. The molecule has 0 unspecified atom stereocenters. The number of hydrogen-bond donors (Lipinski definition) is 0. The number of rotatable bonds is 20. The quantitative estimate of drug-likeness (QED) is 0.154. The van der Waals surface area contributed by atoms with Gasteiger partial charge in [0.05, 0.1) is 0 Å². The van der Waals surface area contributed by atoms with Crippen LogP contribution in [0.1, 0.15) is 69.2 Å². The highest BCUT2D eigenvalue weighted by Crippen LogP contribution is 2.52. The van der Waals surface area contributed by atoms with Gasteiger partial charge in [0.2, 0.25) is 0 Å². The Hall–Kier alpha value is 0.428. The van der Waals surface area contributed by atoms with Crippen LogP contribution in [-0.2, 0) is 49.3 Å². The summed E-state index contributed by atoms with van der Waals surface area (Å²) in [5.74, 6) is 0. The number of ether oxygens (including phenoxy) is 2. The highest BCUT2D eigenvalue weighted by Gasteiger charge is 3.00. The van der Waals surface area contributed by atoms with Gasteiger partial charge < -0.3 is 49.3 Å². The Labute approximate surface area is 221 Å². The molecule has 0 N–H and O–H groups in total. The van der Waals surface area contributed by atoms with Crippen LogP contribution in [0.25, 0.3) is 0 Å². The molecule has 11 nitrogen and oxygen atoms in total. The van der Waals surface area contributed by atoms with Crippen molar-refractivity contribution < 1.29 is 49.3 Å². The minimum Gasteiger partial charge on any atom is -0.393 e. The predicted molar refractivity (Wildman–Crippen MR) is 143 cm³/mol. The smallest absolute Gasteiger partial charge is 0.393 e. The van der Waals surface area contributed by atoms with Gasteiger partial charge in [-0.05, 0) is 69.2 Å². The summed E-state index contributed by atoms with van der Waals surface area (Å²) in [4.78, 5) is 0. The maximum Gasteiger partial charge on any atom is 0.544 e. The van der Waals surface area contributed by atoms with Gasteiger partial charge in [-0.25, -0.2) is 0 Å². The van der Waals surface area contributed by atoms with Gasteiger partial charge in [0.15, 0.2) is 0 Å². The third kappa shape index (κ3) is 5.66. The Morgan fingerprint density at radius 1 is 0.417 bits per heavy atom. The monoisotopic (exact) mass is 590 g/mol. The summed E-state index contributed by atoms with van der Waals surface area (Å²) in [7, 11) is -15.7. The van der Waals surface area contributed by atoms with E-state index in [9.17, 15) is 0 Å². The van der Waals surface area contributed by atoms with Crippen LogP contribution in [0, 0.1) is 0 Å². The minimum atomic E-state index is -3.97. The zero-order chi connectivity index (χ0) is 27.3. The van der Waals surface area contributed by atoms with E-state index < -0.39 is 37.2 Å². The van der Waals surface area contributed by atoms with E-state index in [4.69, 9.17) is 49.3 Å². The molecule has 1 aliphatic heterocycles. The van der Waals surface area contributed by atoms with Crippen molar-refractivity contribution in [2.24, 2.45) is 0 Å². The molecule has 0 spiro atoms. The van der Waals surface area contributed by atoms with Crippen LogP contribution < -0.4 is 0 Å². The van der Waals surface area contributed by atoms with Gasteiger partial charge in [-0.1, -0.05) is 0 Å². The fourth-order valence-electron chi connectivity index (χ4n) is 4.73. The first-order valence-electron chi connectivity index (χ1n) is 13.4. The molecular formula is C21H50O11Si4. The molecule has 1 aliphatic rings. The van der Waals surface area contributed by atoms with E-state index in [1.54, 1.807) is 0 Å². The van der Waals surface area contributed by atoms with E-state index in [2.05, 4.69) is 0 Å². The average molecular weight is 591 g/mol. The second-order valence-electron chi connectivity index (χ2n) is 7.39. The minimum absolute atomic E-state index is 0.248. The molecule has 0 radical (unpaired) electrons. The van der Waals surface area contributed by atoms with Crippen LogP contribution in [0.15, 0.2) is 0 Å². The Morgan fingerprint density at radius 3 is 1.06 bits per heavy atom. The van der Waals surface area contributed by atoms with Crippen molar-refractivity contribution in [2.75, 3.05) is 66.1 Å². The highest BCUT2D eigenvalue weighted by atomic mass is 29.9. The van der Waals surface area contributed by atoms with Gasteiger partial charge in [0, 0.05) is 66.1 Å². The molecule has 0 bridgehead atoms. The largest absolute Gasteiger partial charge is 0.544 e. The third-order valence-electron chi connectivity index (χ3n) is 5.36. The summed E-state index contributed by atoms with van der Waals surface area (Å²) in [6.07, 6.45) is 0. The molecule has 0 aromatic carbocycles. The topological polar surface area (TPSA) is 102 Å². The maximum absolute atomic E-state index is 6.96. The molecule has 15 heteroatoms. The summed E-state index contributed by atoms with van der Waals surface area (Å²) in [6, 6.07) is 0. The Morgan fingerprint density at radius 2 is 0.750 bits per heavy atom. The second kappa shape index (κ2) is 15.9. The lowest BCUT2D eigenvalue weighted by molar-refractivity contribution is -0.322. The van der Waals surface area contributed by atoms with Crippen LogP contribution >= 0.6 is 0 Å². The first kappa shape index (κ1) is 34.5. The molecule has 1 rings (SSSR count). The molecule has 1 heterocycles. The van der Waals surface area contributed by atoms with Gasteiger partial charge in [-0.2, -0.15) is 0 Å². The van der Waals surface area contributed by atoms with Crippen molar-refractivity contribution in [3.63, 3.8) is 0 Å². The Bertz CT molecular complexity index is 542. The zero-order valence-corrected chi connectivity index (χ0v) is 28.1. The summed E-state index contributed by atoms with van der Waals surface area (Å²) in [6.45, 7) is 21.7. The van der Waals surface area contributed by atoms with E-state index in [1.165, 1.54) is 0 Å². The average Bonchev–Trinajstić information content (AvgIpc) is 2.83. The molecule has 0 aromatic heterocycles. The summed E-state index contributed by atoms with van der Waals surface area (Å²) < 4.78 is 73.3. The van der Waals surface area contributed by atoms with Gasteiger partial charge in [-0.3, -0.25) is 0 Å². The predicted octanol–water partition coefficient (Wildman–Crippen LogP) is 3.08. The van der Waals surface area contributed by atoms with Crippen LogP contribution in [-0.4, -0.2) is 103 Å². The van der Waals surface area contributed by atoms with E-state index in [1.807, 2.05) is 69.2 Å². The van der Waals surface area contributed by atoms with Crippen molar-refractivity contribution in [1.29, 1.82) is 0 Å². The second-order valence-corrected chi connectivity index (χ2v) is 30.0. The molecule has 216 valence electrons. The van der Waals surface area contributed by atoms with Crippen LogP contribution in [0.5, 0.6) is 0 Å². The van der Waals surface area contributed by atoms with Gasteiger partial charge in [0.25, 0.3) is 0 Å².